The zero-order valence-electron chi connectivity index (χ0n) is 14.3. The van der Waals surface area contributed by atoms with Crippen molar-refractivity contribution < 1.29 is 14.4 Å². The molecule has 3 aromatic carbocycles. The topological polar surface area (TPSA) is 66.5 Å². The van der Waals surface area contributed by atoms with Gasteiger partial charge in [-0.2, -0.15) is 0 Å². The Balaban J connectivity index is 1.62. The van der Waals surface area contributed by atoms with Gasteiger partial charge < -0.3 is 5.32 Å². The number of hydrogen-bond acceptors (Lipinski definition) is 3. The number of benzene rings is 3. The number of nitrogens with zero attached hydrogens (tertiary/aromatic N) is 1. The van der Waals surface area contributed by atoms with Crippen LogP contribution in [0.1, 0.15) is 31.1 Å². The summed E-state index contributed by atoms with van der Waals surface area (Å²) in [6, 6.07) is 18.6. The lowest BCUT2D eigenvalue weighted by Gasteiger charge is -2.13. The molecule has 0 radical (unpaired) electrons. The monoisotopic (exact) mass is 498 g/mol. The fourth-order valence-corrected chi connectivity index (χ4v) is 3.47. The maximum atomic E-state index is 12.8. The van der Waals surface area contributed by atoms with Crippen molar-refractivity contribution in [3.8, 4) is 0 Å². The highest BCUT2D eigenvalue weighted by Gasteiger charge is 2.37. The lowest BCUT2D eigenvalue weighted by atomic mass is 10.1. The normalized spacial score (nSPS) is 12.9. The molecule has 0 unspecified atom stereocenters. The fraction of sp³-hybridized carbons (Fsp3) is 0. The van der Waals surface area contributed by atoms with Gasteiger partial charge in [-0.25, -0.2) is 4.90 Å². The van der Waals surface area contributed by atoms with Crippen LogP contribution in [0.5, 0.6) is 0 Å². The highest BCUT2D eigenvalue weighted by Crippen LogP contribution is 2.30. The summed E-state index contributed by atoms with van der Waals surface area (Å²) in [5.41, 5.74) is 1.92. The van der Waals surface area contributed by atoms with Crippen LogP contribution in [0.15, 0.2) is 75.7 Å². The number of fused-ring (bicyclic) bond motifs is 1. The van der Waals surface area contributed by atoms with Crippen LogP contribution in [-0.4, -0.2) is 17.7 Å². The van der Waals surface area contributed by atoms with E-state index >= 15 is 0 Å². The first-order chi connectivity index (χ1) is 13.4. The Labute approximate surface area is 177 Å². The van der Waals surface area contributed by atoms with E-state index in [9.17, 15) is 14.4 Å². The molecule has 0 saturated carbocycles. The van der Waals surface area contributed by atoms with Crippen molar-refractivity contribution in [1.82, 2.24) is 0 Å². The van der Waals surface area contributed by atoms with Crippen LogP contribution in [0.3, 0.4) is 0 Å². The summed E-state index contributed by atoms with van der Waals surface area (Å²) in [7, 11) is 0. The molecule has 4 rings (SSSR count). The Morgan fingerprint density at radius 2 is 1.32 bits per heavy atom. The molecule has 1 N–H and O–H groups in total. The van der Waals surface area contributed by atoms with Gasteiger partial charge in [0, 0.05) is 20.2 Å². The van der Waals surface area contributed by atoms with Crippen LogP contribution in [0, 0.1) is 0 Å². The third-order valence-corrected chi connectivity index (χ3v) is 5.39. The van der Waals surface area contributed by atoms with Crippen LogP contribution in [0.25, 0.3) is 0 Å². The average molecular weight is 500 g/mol. The van der Waals surface area contributed by atoms with E-state index in [4.69, 9.17) is 0 Å². The Morgan fingerprint density at radius 1 is 0.750 bits per heavy atom. The zero-order chi connectivity index (χ0) is 19.8. The molecule has 1 aliphatic heterocycles. The van der Waals surface area contributed by atoms with Gasteiger partial charge in [-0.1, -0.05) is 31.9 Å². The summed E-state index contributed by atoms with van der Waals surface area (Å²) < 4.78 is 1.75. The number of carbonyl (C=O) groups excluding carboxylic acids is 3. The SMILES string of the molecule is O=C(Nc1ccc(Br)cc1)c1ccc2c(c1)C(=O)N(c1ccc(Br)cc1)C2=O. The molecule has 7 heteroatoms. The van der Waals surface area contributed by atoms with E-state index in [0.29, 0.717) is 16.9 Å². The molecule has 0 fully saturated rings. The molecule has 0 atom stereocenters. The third kappa shape index (κ3) is 3.39. The van der Waals surface area contributed by atoms with Gasteiger partial charge in [-0.3, -0.25) is 14.4 Å². The first-order valence-corrected chi connectivity index (χ1v) is 9.88. The molecular weight excluding hydrogens is 488 g/mol. The molecule has 1 aliphatic rings. The second-order valence-electron chi connectivity index (χ2n) is 6.14. The van der Waals surface area contributed by atoms with Gasteiger partial charge in [0.15, 0.2) is 0 Å². The van der Waals surface area contributed by atoms with Crippen molar-refractivity contribution >= 4 is 61.0 Å². The van der Waals surface area contributed by atoms with Crippen LogP contribution < -0.4 is 10.2 Å². The number of hydrogen-bond donors (Lipinski definition) is 1. The number of halogens is 2. The quantitative estimate of drug-likeness (QED) is 0.499. The van der Waals surface area contributed by atoms with Gasteiger partial charge in [0.1, 0.15) is 0 Å². The Hall–Kier alpha value is -2.77. The second kappa shape index (κ2) is 7.33. The average Bonchev–Trinajstić information content (AvgIpc) is 2.94. The standard InChI is InChI=1S/C21H12Br2N2O3/c22-13-2-6-15(7-3-13)24-19(26)12-1-10-17-18(11-12)21(28)25(20(17)27)16-8-4-14(23)5-9-16/h1-11H,(H,24,26). The Kier molecular flexibility index (Phi) is 4.87. The van der Waals surface area contributed by atoms with Gasteiger partial charge in [0.2, 0.25) is 0 Å². The van der Waals surface area contributed by atoms with E-state index < -0.39 is 11.8 Å². The number of rotatable bonds is 3. The van der Waals surface area contributed by atoms with Crippen molar-refractivity contribution in [1.29, 1.82) is 0 Å². The molecule has 5 nitrogen and oxygen atoms in total. The van der Waals surface area contributed by atoms with Crippen LogP contribution >= 0.6 is 31.9 Å². The minimum Gasteiger partial charge on any atom is -0.322 e. The summed E-state index contributed by atoms with van der Waals surface area (Å²) in [6.45, 7) is 0. The first kappa shape index (κ1) is 18.6. The maximum absolute atomic E-state index is 12.8. The second-order valence-corrected chi connectivity index (χ2v) is 7.97. The van der Waals surface area contributed by atoms with Crippen molar-refractivity contribution in [3.05, 3.63) is 92.4 Å². The number of nitrogens with one attached hydrogen (secondary N) is 1. The van der Waals surface area contributed by atoms with Crippen molar-refractivity contribution in [2.75, 3.05) is 10.2 Å². The number of carbonyl (C=O) groups is 3. The van der Waals surface area contributed by atoms with Crippen LogP contribution in [0.4, 0.5) is 11.4 Å². The summed E-state index contributed by atoms with van der Waals surface area (Å²) in [6.07, 6.45) is 0. The van der Waals surface area contributed by atoms with Crippen LogP contribution in [0.2, 0.25) is 0 Å². The van der Waals surface area contributed by atoms with Crippen molar-refractivity contribution in [2.24, 2.45) is 0 Å². The molecule has 0 spiro atoms. The van der Waals surface area contributed by atoms with Gasteiger partial charge in [-0.15, -0.1) is 0 Å². The summed E-state index contributed by atoms with van der Waals surface area (Å²) in [5, 5.41) is 2.78. The molecule has 138 valence electrons. The number of anilines is 2. The predicted molar refractivity (Wildman–Crippen MR) is 114 cm³/mol. The highest BCUT2D eigenvalue weighted by atomic mass is 79.9. The largest absolute Gasteiger partial charge is 0.322 e. The Bertz CT molecular complexity index is 1110. The smallest absolute Gasteiger partial charge is 0.266 e. The van der Waals surface area contributed by atoms with E-state index in [1.807, 2.05) is 12.1 Å². The Morgan fingerprint density at radius 3 is 1.96 bits per heavy atom. The fourth-order valence-electron chi connectivity index (χ4n) is 2.94. The molecule has 0 saturated heterocycles. The summed E-state index contributed by atoms with van der Waals surface area (Å²) in [5.74, 6) is -1.20. The number of amides is 3. The van der Waals surface area contributed by atoms with Crippen molar-refractivity contribution in [3.63, 3.8) is 0 Å². The molecular formula is C21H12Br2N2O3. The van der Waals surface area contributed by atoms with E-state index in [2.05, 4.69) is 37.2 Å². The lowest BCUT2D eigenvalue weighted by molar-refractivity contribution is 0.0925. The minimum absolute atomic E-state index is 0.219. The minimum atomic E-state index is -0.444. The van der Waals surface area contributed by atoms with Gasteiger partial charge >= 0.3 is 0 Å². The lowest BCUT2D eigenvalue weighted by Crippen LogP contribution is -2.29. The zero-order valence-corrected chi connectivity index (χ0v) is 17.5. The highest BCUT2D eigenvalue weighted by molar-refractivity contribution is 9.10. The molecule has 28 heavy (non-hydrogen) atoms. The molecule has 0 aliphatic carbocycles. The molecule has 1 heterocycles. The van der Waals surface area contributed by atoms with E-state index in [1.165, 1.54) is 12.1 Å². The van der Waals surface area contributed by atoms with E-state index in [1.54, 1.807) is 42.5 Å². The van der Waals surface area contributed by atoms with Gasteiger partial charge in [0.25, 0.3) is 17.7 Å². The van der Waals surface area contributed by atoms with Gasteiger partial charge in [0.05, 0.1) is 16.8 Å². The molecule has 0 aromatic heterocycles. The molecule has 3 amide bonds. The van der Waals surface area contributed by atoms with Crippen molar-refractivity contribution in [2.45, 2.75) is 0 Å². The summed E-state index contributed by atoms with van der Waals surface area (Å²) in [4.78, 5) is 39.2. The first-order valence-electron chi connectivity index (χ1n) is 8.29. The van der Waals surface area contributed by atoms with Crippen LogP contribution in [-0.2, 0) is 0 Å². The molecule has 3 aromatic rings. The maximum Gasteiger partial charge on any atom is 0.266 e. The molecule has 0 bridgehead atoms. The van der Waals surface area contributed by atoms with E-state index in [-0.39, 0.29) is 17.0 Å². The summed E-state index contributed by atoms with van der Waals surface area (Å²) >= 11 is 6.68. The van der Waals surface area contributed by atoms with Gasteiger partial charge in [-0.05, 0) is 66.7 Å². The predicted octanol–water partition coefficient (Wildman–Crippen LogP) is 5.26. The number of imide groups is 1. The third-order valence-electron chi connectivity index (χ3n) is 4.34. The van der Waals surface area contributed by atoms with E-state index in [0.717, 1.165) is 13.8 Å².